The number of hydrogen-bond donors (Lipinski definition) is 1. The van der Waals surface area contributed by atoms with Crippen molar-refractivity contribution in [3.8, 4) is 0 Å². The highest BCUT2D eigenvalue weighted by Crippen LogP contribution is 2.24. The first-order valence-electron chi connectivity index (χ1n) is 5.40. The summed E-state index contributed by atoms with van der Waals surface area (Å²) in [6.45, 7) is 0.599. The van der Waals surface area contributed by atoms with Gasteiger partial charge in [-0.25, -0.2) is 0 Å². The van der Waals surface area contributed by atoms with Gasteiger partial charge >= 0.3 is 0 Å². The first-order chi connectivity index (χ1) is 7.60. The van der Waals surface area contributed by atoms with Crippen molar-refractivity contribution in [2.75, 3.05) is 34.9 Å². The number of rotatable bonds is 5. The molecule has 0 bridgehead atoms. The van der Waals surface area contributed by atoms with E-state index in [1.165, 1.54) is 0 Å². The number of methoxy groups -OCH3 is 2. The quantitative estimate of drug-likeness (QED) is 0.533. The molecule has 0 saturated carbocycles. The van der Waals surface area contributed by atoms with Crippen molar-refractivity contribution in [1.82, 2.24) is 5.06 Å². The van der Waals surface area contributed by atoms with Crippen LogP contribution in [0.25, 0.3) is 0 Å². The van der Waals surface area contributed by atoms with Crippen molar-refractivity contribution < 1.29 is 14.3 Å². The van der Waals surface area contributed by atoms with Gasteiger partial charge in [-0.05, 0) is 0 Å². The van der Waals surface area contributed by atoms with Crippen molar-refractivity contribution in [1.29, 1.82) is 0 Å². The minimum atomic E-state index is -0.146. The average Bonchev–Trinajstić information content (AvgIpc) is 2.22. The van der Waals surface area contributed by atoms with Crippen LogP contribution in [0.5, 0.6) is 0 Å². The summed E-state index contributed by atoms with van der Waals surface area (Å²) in [6, 6.07) is -0.136. The summed E-state index contributed by atoms with van der Waals surface area (Å²) in [5.74, 6) is 0.164. The Hall–Kier alpha value is -0.460. The predicted octanol–water partition coefficient (Wildman–Crippen LogP) is 0.0229. The standard InChI is InChI=1S/C11H22N2O3/c1-13(2)16-10-8(7-14-3)5-6-9(12)11(10)15-4/h5-6,8-11H,7,12H2,1-4H3/t8-,9-,10?,11+/m1/s1. The molecule has 2 N–H and O–H groups in total. The van der Waals surface area contributed by atoms with Crippen LogP contribution in [0.1, 0.15) is 0 Å². The van der Waals surface area contributed by atoms with Gasteiger partial charge in [0.15, 0.2) is 0 Å². The molecular formula is C11H22N2O3. The molecule has 94 valence electrons. The van der Waals surface area contributed by atoms with Gasteiger partial charge in [0.1, 0.15) is 12.2 Å². The minimum Gasteiger partial charge on any atom is -0.384 e. The van der Waals surface area contributed by atoms with E-state index in [1.807, 2.05) is 26.2 Å². The topological polar surface area (TPSA) is 57.0 Å². The molecule has 0 aromatic rings. The highest BCUT2D eigenvalue weighted by Gasteiger charge is 2.36. The Morgan fingerprint density at radius 1 is 1.19 bits per heavy atom. The molecule has 4 atom stereocenters. The molecule has 0 spiro atoms. The van der Waals surface area contributed by atoms with Crippen molar-refractivity contribution in [2.24, 2.45) is 11.7 Å². The summed E-state index contributed by atoms with van der Waals surface area (Å²) in [5, 5.41) is 1.67. The molecular weight excluding hydrogens is 208 g/mol. The molecule has 1 aliphatic carbocycles. The Labute approximate surface area is 97.1 Å². The zero-order chi connectivity index (χ0) is 12.1. The molecule has 0 fully saturated rings. The normalized spacial score (nSPS) is 34.6. The van der Waals surface area contributed by atoms with Crippen LogP contribution in [0.3, 0.4) is 0 Å². The minimum absolute atomic E-state index is 0.111. The van der Waals surface area contributed by atoms with Crippen LogP contribution in [0.4, 0.5) is 0 Å². The monoisotopic (exact) mass is 230 g/mol. The van der Waals surface area contributed by atoms with E-state index >= 15 is 0 Å². The fraction of sp³-hybridized carbons (Fsp3) is 0.818. The molecule has 1 unspecified atom stereocenters. The molecule has 1 rings (SSSR count). The first-order valence-corrected chi connectivity index (χ1v) is 5.40. The van der Waals surface area contributed by atoms with E-state index < -0.39 is 0 Å². The summed E-state index contributed by atoms with van der Waals surface area (Å²) in [4.78, 5) is 5.73. The summed E-state index contributed by atoms with van der Waals surface area (Å²) < 4.78 is 10.6. The maximum absolute atomic E-state index is 5.96. The highest BCUT2D eigenvalue weighted by molar-refractivity contribution is 5.09. The zero-order valence-electron chi connectivity index (χ0n) is 10.4. The Morgan fingerprint density at radius 3 is 2.38 bits per heavy atom. The van der Waals surface area contributed by atoms with Gasteiger partial charge in [0.2, 0.25) is 0 Å². The molecule has 5 heteroatoms. The molecule has 1 aliphatic rings. The molecule has 5 nitrogen and oxygen atoms in total. The van der Waals surface area contributed by atoms with Gasteiger partial charge in [0.25, 0.3) is 0 Å². The first kappa shape index (κ1) is 13.6. The van der Waals surface area contributed by atoms with E-state index in [-0.39, 0.29) is 24.2 Å². The third kappa shape index (κ3) is 3.26. The molecule has 0 aromatic carbocycles. The molecule has 0 saturated heterocycles. The fourth-order valence-corrected chi connectivity index (χ4v) is 1.97. The average molecular weight is 230 g/mol. The second kappa shape index (κ2) is 6.32. The molecule has 0 heterocycles. The van der Waals surface area contributed by atoms with Crippen LogP contribution in [0.2, 0.25) is 0 Å². The number of nitrogens with zero attached hydrogens (tertiary/aromatic N) is 1. The van der Waals surface area contributed by atoms with Crippen LogP contribution in [0.15, 0.2) is 12.2 Å². The van der Waals surface area contributed by atoms with Crippen LogP contribution < -0.4 is 5.73 Å². The molecule has 0 aliphatic heterocycles. The number of hydrogen-bond acceptors (Lipinski definition) is 5. The van der Waals surface area contributed by atoms with Gasteiger partial charge in [-0.2, -0.15) is 5.06 Å². The second-order valence-corrected chi connectivity index (χ2v) is 4.16. The van der Waals surface area contributed by atoms with Crippen LogP contribution in [-0.2, 0) is 14.3 Å². The van der Waals surface area contributed by atoms with E-state index in [1.54, 1.807) is 19.3 Å². The lowest BCUT2D eigenvalue weighted by molar-refractivity contribution is -0.218. The van der Waals surface area contributed by atoms with Crippen molar-refractivity contribution >= 4 is 0 Å². The Kier molecular flexibility index (Phi) is 5.37. The van der Waals surface area contributed by atoms with Gasteiger partial charge in [0, 0.05) is 34.2 Å². The Bertz CT molecular complexity index is 233. The van der Waals surface area contributed by atoms with Crippen LogP contribution in [-0.4, -0.2) is 58.2 Å². The van der Waals surface area contributed by atoms with Crippen molar-refractivity contribution in [2.45, 2.75) is 18.2 Å². The zero-order valence-corrected chi connectivity index (χ0v) is 10.4. The van der Waals surface area contributed by atoms with E-state index in [4.69, 9.17) is 20.0 Å². The second-order valence-electron chi connectivity index (χ2n) is 4.16. The molecule has 0 aromatic heterocycles. The predicted molar refractivity (Wildman–Crippen MR) is 61.8 cm³/mol. The van der Waals surface area contributed by atoms with E-state index in [0.29, 0.717) is 6.61 Å². The van der Waals surface area contributed by atoms with Gasteiger partial charge in [-0.15, -0.1) is 0 Å². The van der Waals surface area contributed by atoms with E-state index in [0.717, 1.165) is 0 Å². The maximum atomic E-state index is 5.96. The lowest BCUT2D eigenvalue weighted by Gasteiger charge is -2.37. The smallest absolute Gasteiger partial charge is 0.116 e. The fourth-order valence-electron chi connectivity index (χ4n) is 1.97. The SMILES string of the molecule is COC[C@H]1C=C[C@@H](N)[C@H](OC)C1ON(C)C. The summed E-state index contributed by atoms with van der Waals surface area (Å²) in [7, 11) is 7.03. The van der Waals surface area contributed by atoms with E-state index in [2.05, 4.69) is 0 Å². The van der Waals surface area contributed by atoms with Gasteiger partial charge in [0.05, 0.1) is 12.6 Å². The van der Waals surface area contributed by atoms with Crippen molar-refractivity contribution in [3.63, 3.8) is 0 Å². The largest absolute Gasteiger partial charge is 0.384 e. The number of ether oxygens (including phenoxy) is 2. The Morgan fingerprint density at radius 2 is 1.88 bits per heavy atom. The molecule has 0 radical (unpaired) electrons. The maximum Gasteiger partial charge on any atom is 0.116 e. The Balaban J connectivity index is 2.78. The number of nitrogens with two attached hydrogens (primary N) is 1. The summed E-state index contributed by atoms with van der Waals surface area (Å²) in [6.07, 6.45) is 3.73. The van der Waals surface area contributed by atoms with Gasteiger partial charge < -0.3 is 15.2 Å². The van der Waals surface area contributed by atoms with Crippen LogP contribution in [0, 0.1) is 5.92 Å². The molecule has 0 amide bonds. The third-order valence-electron chi connectivity index (χ3n) is 2.67. The van der Waals surface area contributed by atoms with Crippen LogP contribution >= 0.6 is 0 Å². The molecule has 16 heavy (non-hydrogen) atoms. The van der Waals surface area contributed by atoms with E-state index in [9.17, 15) is 0 Å². The summed E-state index contributed by atoms with van der Waals surface area (Å²) >= 11 is 0. The van der Waals surface area contributed by atoms with Crippen molar-refractivity contribution in [3.05, 3.63) is 12.2 Å². The number of hydroxylamine groups is 2. The lowest BCUT2D eigenvalue weighted by Crippen LogP contribution is -2.52. The third-order valence-corrected chi connectivity index (χ3v) is 2.67. The van der Waals surface area contributed by atoms with Gasteiger partial charge in [-0.1, -0.05) is 12.2 Å². The summed E-state index contributed by atoms with van der Waals surface area (Å²) in [5.41, 5.74) is 5.96. The van der Waals surface area contributed by atoms with Gasteiger partial charge in [-0.3, -0.25) is 4.84 Å². The highest BCUT2D eigenvalue weighted by atomic mass is 16.7. The lowest BCUT2D eigenvalue weighted by atomic mass is 9.88.